The van der Waals surface area contributed by atoms with Crippen molar-refractivity contribution in [3.63, 3.8) is 0 Å². The topological polar surface area (TPSA) is 74.3 Å². The van der Waals surface area contributed by atoms with Crippen LogP contribution < -0.4 is 10.6 Å². The molecule has 3 heterocycles. The van der Waals surface area contributed by atoms with Crippen molar-refractivity contribution in [1.29, 1.82) is 0 Å². The maximum absolute atomic E-state index is 12.6. The van der Waals surface area contributed by atoms with Gasteiger partial charge in [0.05, 0.1) is 5.92 Å². The van der Waals surface area contributed by atoms with E-state index in [2.05, 4.69) is 15.6 Å². The van der Waals surface area contributed by atoms with Crippen molar-refractivity contribution in [2.75, 3.05) is 31.5 Å². The van der Waals surface area contributed by atoms with Gasteiger partial charge in [0.1, 0.15) is 5.82 Å². The van der Waals surface area contributed by atoms with Crippen molar-refractivity contribution in [3.8, 4) is 0 Å². The zero-order valence-corrected chi connectivity index (χ0v) is 15.7. The van der Waals surface area contributed by atoms with Gasteiger partial charge in [-0.15, -0.1) is 0 Å². The van der Waals surface area contributed by atoms with Crippen molar-refractivity contribution in [3.05, 3.63) is 23.9 Å². The Labute approximate surface area is 155 Å². The standard InChI is InChI=1S/C20H30N4O2/c1-15-4-6-18(22-13-15)23-20(26)17-3-2-12-24(14-17)19(25)7-5-16-8-10-21-11-9-16/h4,6,13,16-17,21H,2-3,5,7-12,14H2,1H3,(H,22,23,26). The van der Waals surface area contributed by atoms with Gasteiger partial charge in [0.15, 0.2) is 0 Å². The Morgan fingerprint density at radius 1 is 1.27 bits per heavy atom. The summed E-state index contributed by atoms with van der Waals surface area (Å²) in [6.07, 6.45) is 7.38. The highest BCUT2D eigenvalue weighted by molar-refractivity contribution is 5.92. The van der Waals surface area contributed by atoms with E-state index < -0.39 is 0 Å². The number of hydrogen-bond acceptors (Lipinski definition) is 4. The number of aromatic nitrogens is 1. The predicted octanol–water partition coefficient (Wildman–Crippen LogP) is 2.35. The van der Waals surface area contributed by atoms with Crippen LogP contribution in [0.4, 0.5) is 5.82 Å². The SMILES string of the molecule is Cc1ccc(NC(=O)C2CCCN(C(=O)CCC3CCNCC3)C2)nc1. The molecule has 2 fully saturated rings. The number of likely N-dealkylation sites (tertiary alicyclic amines) is 1. The molecular formula is C20H30N4O2. The van der Waals surface area contributed by atoms with E-state index in [0.717, 1.165) is 44.5 Å². The molecule has 1 atom stereocenters. The van der Waals surface area contributed by atoms with Crippen molar-refractivity contribution >= 4 is 17.6 Å². The highest BCUT2D eigenvalue weighted by Gasteiger charge is 2.28. The third-order valence-corrected chi connectivity index (χ3v) is 5.53. The van der Waals surface area contributed by atoms with Gasteiger partial charge < -0.3 is 15.5 Å². The molecule has 2 amide bonds. The van der Waals surface area contributed by atoms with Gasteiger partial charge in [0, 0.05) is 25.7 Å². The number of carbonyl (C=O) groups excluding carboxylic acids is 2. The van der Waals surface area contributed by atoms with E-state index >= 15 is 0 Å². The molecule has 6 heteroatoms. The number of hydrogen-bond donors (Lipinski definition) is 2. The molecule has 142 valence electrons. The van der Waals surface area contributed by atoms with Crippen molar-refractivity contribution in [2.24, 2.45) is 11.8 Å². The third-order valence-electron chi connectivity index (χ3n) is 5.53. The van der Waals surface area contributed by atoms with E-state index in [-0.39, 0.29) is 17.7 Å². The van der Waals surface area contributed by atoms with Crippen molar-refractivity contribution in [1.82, 2.24) is 15.2 Å². The minimum atomic E-state index is -0.144. The lowest BCUT2D eigenvalue weighted by atomic mass is 9.92. The molecule has 1 unspecified atom stereocenters. The van der Waals surface area contributed by atoms with Crippen LogP contribution in [0, 0.1) is 18.8 Å². The van der Waals surface area contributed by atoms with E-state index in [1.54, 1.807) is 6.20 Å². The molecule has 1 aromatic rings. The Morgan fingerprint density at radius 2 is 2.08 bits per heavy atom. The number of nitrogens with zero attached hydrogens (tertiary/aromatic N) is 2. The molecule has 1 aromatic heterocycles. The fourth-order valence-corrected chi connectivity index (χ4v) is 3.84. The van der Waals surface area contributed by atoms with Crippen LogP contribution >= 0.6 is 0 Å². The van der Waals surface area contributed by atoms with Crippen LogP contribution in [0.2, 0.25) is 0 Å². The van der Waals surface area contributed by atoms with E-state index in [4.69, 9.17) is 0 Å². The summed E-state index contributed by atoms with van der Waals surface area (Å²) in [5, 5.41) is 6.25. The Bertz CT molecular complexity index is 611. The fraction of sp³-hybridized carbons (Fsp3) is 0.650. The molecule has 26 heavy (non-hydrogen) atoms. The summed E-state index contributed by atoms with van der Waals surface area (Å²) in [4.78, 5) is 31.2. The molecule has 0 aromatic carbocycles. The predicted molar refractivity (Wildman–Crippen MR) is 102 cm³/mol. The van der Waals surface area contributed by atoms with Gasteiger partial charge in [0.25, 0.3) is 0 Å². The molecule has 6 nitrogen and oxygen atoms in total. The van der Waals surface area contributed by atoms with E-state index in [1.807, 2.05) is 24.0 Å². The Kier molecular flexibility index (Phi) is 6.61. The fourth-order valence-electron chi connectivity index (χ4n) is 3.84. The summed E-state index contributed by atoms with van der Waals surface area (Å²) in [6, 6.07) is 3.75. The lowest BCUT2D eigenvalue weighted by Gasteiger charge is -2.32. The van der Waals surface area contributed by atoms with Crippen LogP contribution in [-0.2, 0) is 9.59 Å². The van der Waals surface area contributed by atoms with Gasteiger partial charge in [0.2, 0.25) is 11.8 Å². The molecule has 3 rings (SSSR count). The quantitative estimate of drug-likeness (QED) is 0.847. The molecule has 2 aliphatic rings. The maximum Gasteiger partial charge on any atom is 0.230 e. The van der Waals surface area contributed by atoms with Crippen LogP contribution in [0.3, 0.4) is 0 Å². The van der Waals surface area contributed by atoms with E-state index in [1.165, 1.54) is 12.8 Å². The summed E-state index contributed by atoms with van der Waals surface area (Å²) in [5.41, 5.74) is 1.06. The molecule has 0 radical (unpaired) electrons. The average Bonchev–Trinajstić information content (AvgIpc) is 2.69. The van der Waals surface area contributed by atoms with Crippen molar-refractivity contribution in [2.45, 2.75) is 45.4 Å². The van der Waals surface area contributed by atoms with Gasteiger partial charge in [-0.2, -0.15) is 0 Å². The molecule has 2 saturated heterocycles. The first-order chi connectivity index (χ1) is 12.6. The van der Waals surface area contributed by atoms with Crippen LogP contribution in [0.1, 0.15) is 44.1 Å². The highest BCUT2D eigenvalue weighted by Crippen LogP contribution is 2.22. The monoisotopic (exact) mass is 358 g/mol. The summed E-state index contributed by atoms with van der Waals surface area (Å²) in [5.74, 6) is 1.27. The Hall–Kier alpha value is -1.95. The summed E-state index contributed by atoms with van der Waals surface area (Å²) in [7, 11) is 0. The summed E-state index contributed by atoms with van der Waals surface area (Å²) >= 11 is 0. The minimum absolute atomic E-state index is 0.0304. The van der Waals surface area contributed by atoms with Gasteiger partial charge in [-0.05, 0) is 69.7 Å². The first kappa shape index (κ1) is 18.8. The number of carbonyl (C=O) groups is 2. The zero-order valence-electron chi connectivity index (χ0n) is 15.7. The number of aryl methyl sites for hydroxylation is 1. The Balaban J connectivity index is 1.47. The second-order valence-corrected chi connectivity index (χ2v) is 7.62. The van der Waals surface area contributed by atoms with E-state index in [0.29, 0.717) is 24.7 Å². The normalized spacial score (nSPS) is 21.4. The first-order valence-corrected chi connectivity index (χ1v) is 9.84. The number of amides is 2. The lowest BCUT2D eigenvalue weighted by molar-refractivity contribution is -0.134. The smallest absolute Gasteiger partial charge is 0.230 e. The van der Waals surface area contributed by atoms with Crippen LogP contribution in [0.15, 0.2) is 18.3 Å². The second-order valence-electron chi connectivity index (χ2n) is 7.62. The van der Waals surface area contributed by atoms with Crippen LogP contribution in [0.5, 0.6) is 0 Å². The molecule has 2 N–H and O–H groups in total. The zero-order chi connectivity index (χ0) is 18.4. The largest absolute Gasteiger partial charge is 0.342 e. The number of rotatable bonds is 5. The molecule has 0 bridgehead atoms. The third kappa shape index (κ3) is 5.27. The molecule has 2 aliphatic heterocycles. The van der Waals surface area contributed by atoms with Crippen LogP contribution in [-0.4, -0.2) is 47.9 Å². The van der Waals surface area contributed by atoms with Gasteiger partial charge >= 0.3 is 0 Å². The van der Waals surface area contributed by atoms with Gasteiger partial charge in [-0.1, -0.05) is 6.07 Å². The number of anilines is 1. The molecule has 0 aliphatic carbocycles. The van der Waals surface area contributed by atoms with Gasteiger partial charge in [-0.25, -0.2) is 4.98 Å². The highest BCUT2D eigenvalue weighted by atomic mass is 16.2. The number of piperidine rings is 2. The summed E-state index contributed by atoms with van der Waals surface area (Å²) in [6.45, 7) is 5.41. The number of nitrogens with one attached hydrogen (secondary N) is 2. The van der Waals surface area contributed by atoms with E-state index in [9.17, 15) is 9.59 Å². The molecule has 0 spiro atoms. The second kappa shape index (κ2) is 9.12. The molecular weight excluding hydrogens is 328 g/mol. The summed E-state index contributed by atoms with van der Waals surface area (Å²) < 4.78 is 0. The molecule has 0 saturated carbocycles. The number of pyridine rings is 1. The maximum atomic E-state index is 12.6. The Morgan fingerprint density at radius 3 is 2.81 bits per heavy atom. The van der Waals surface area contributed by atoms with Crippen LogP contribution in [0.25, 0.3) is 0 Å². The average molecular weight is 358 g/mol. The van der Waals surface area contributed by atoms with Gasteiger partial charge in [-0.3, -0.25) is 9.59 Å². The lowest BCUT2D eigenvalue weighted by Crippen LogP contribution is -2.44. The van der Waals surface area contributed by atoms with Crippen molar-refractivity contribution < 1.29 is 9.59 Å². The minimum Gasteiger partial charge on any atom is -0.342 e. The first-order valence-electron chi connectivity index (χ1n) is 9.84.